The molecule has 6 heteroatoms. The molecule has 0 saturated carbocycles. The highest BCUT2D eigenvalue weighted by Crippen LogP contribution is 2.20. The Morgan fingerprint density at radius 2 is 0.848 bits per heavy atom. The van der Waals surface area contributed by atoms with E-state index in [1.54, 1.807) is 72.8 Å². The van der Waals surface area contributed by atoms with Crippen molar-refractivity contribution in [2.24, 2.45) is 0 Å². The van der Waals surface area contributed by atoms with Crippen LogP contribution in [0.2, 0.25) is 0 Å². The number of hydrogen-bond acceptors (Lipinski definition) is 6. The van der Waals surface area contributed by atoms with Gasteiger partial charge in [-0.15, -0.1) is 0 Å². The quantitative estimate of drug-likeness (QED) is 0.253. The second-order valence-electron chi connectivity index (χ2n) is 7.49. The standard InChI is InChI=1S/C27H22N2O4/c28-22-9-5-20(6-10-22)26(30)32-24-13-1-18(2-14-24)17-19-3-15-25(16-4-19)33-27(31)21-7-11-23(29)12-8-21/h1-16H,17,28-29H2. The molecule has 4 aromatic carbocycles. The minimum Gasteiger partial charge on any atom is -0.423 e. The Morgan fingerprint density at radius 3 is 1.18 bits per heavy atom. The van der Waals surface area contributed by atoms with Crippen molar-refractivity contribution in [3.05, 3.63) is 119 Å². The van der Waals surface area contributed by atoms with Crippen LogP contribution in [0.5, 0.6) is 11.5 Å². The van der Waals surface area contributed by atoms with Crippen molar-refractivity contribution in [2.45, 2.75) is 6.42 Å². The molecule has 164 valence electrons. The fourth-order valence-corrected chi connectivity index (χ4v) is 3.16. The number of ether oxygens (including phenoxy) is 2. The van der Waals surface area contributed by atoms with E-state index in [9.17, 15) is 9.59 Å². The van der Waals surface area contributed by atoms with Gasteiger partial charge in [-0.1, -0.05) is 24.3 Å². The number of hydrogen-bond donors (Lipinski definition) is 2. The molecule has 0 atom stereocenters. The number of anilines is 2. The van der Waals surface area contributed by atoms with Crippen LogP contribution in [0.4, 0.5) is 11.4 Å². The van der Waals surface area contributed by atoms with Gasteiger partial charge in [0.05, 0.1) is 11.1 Å². The predicted molar refractivity (Wildman–Crippen MR) is 127 cm³/mol. The zero-order chi connectivity index (χ0) is 23.2. The molecule has 0 amide bonds. The van der Waals surface area contributed by atoms with Gasteiger partial charge in [0.2, 0.25) is 0 Å². The highest BCUT2D eigenvalue weighted by Gasteiger charge is 2.10. The van der Waals surface area contributed by atoms with Gasteiger partial charge in [-0.2, -0.15) is 0 Å². The molecule has 4 aromatic rings. The van der Waals surface area contributed by atoms with Crippen LogP contribution < -0.4 is 20.9 Å². The van der Waals surface area contributed by atoms with E-state index in [2.05, 4.69) is 0 Å². The average Bonchev–Trinajstić information content (AvgIpc) is 2.82. The summed E-state index contributed by atoms with van der Waals surface area (Å²) in [5.41, 5.74) is 15.4. The van der Waals surface area contributed by atoms with Crippen molar-refractivity contribution in [2.75, 3.05) is 11.5 Å². The molecule has 0 aromatic heterocycles. The smallest absolute Gasteiger partial charge is 0.343 e. The van der Waals surface area contributed by atoms with Gasteiger partial charge in [-0.25, -0.2) is 9.59 Å². The lowest BCUT2D eigenvalue weighted by Crippen LogP contribution is -2.08. The van der Waals surface area contributed by atoms with Crippen molar-refractivity contribution >= 4 is 23.3 Å². The maximum atomic E-state index is 12.2. The van der Waals surface area contributed by atoms with E-state index in [0.29, 0.717) is 40.4 Å². The topological polar surface area (TPSA) is 105 Å². The van der Waals surface area contributed by atoms with Gasteiger partial charge in [-0.3, -0.25) is 0 Å². The first-order chi connectivity index (χ1) is 16.0. The molecule has 4 rings (SSSR count). The molecule has 0 aliphatic heterocycles. The molecule has 0 spiro atoms. The fourth-order valence-electron chi connectivity index (χ4n) is 3.16. The maximum Gasteiger partial charge on any atom is 0.343 e. The zero-order valence-electron chi connectivity index (χ0n) is 17.7. The molecule has 0 aliphatic carbocycles. The Labute approximate surface area is 191 Å². The summed E-state index contributed by atoms with van der Waals surface area (Å²) in [7, 11) is 0. The summed E-state index contributed by atoms with van der Waals surface area (Å²) in [6.07, 6.45) is 0.679. The largest absolute Gasteiger partial charge is 0.423 e. The van der Waals surface area contributed by atoms with Gasteiger partial charge >= 0.3 is 11.9 Å². The number of benzene rings is 4. The van der Waals surface area contributed by atoms with Crippen LogP contribution in [-0.4, -0.2) is 11.9 Å². The van der Waals surface area contributed by atoms with E-state index in [-0.39, 0.29) is 0 Å². The number of nitrogens with two attached hydrogens (primary N) is 2. The SMILES string of the molecule is Nc1ccc(C(=O)Oc2ccc(Cc3ccc(OC(=O)c4ccc(N)cc4)cc3)cc2)cc1. The van der Waals surface area contributed by atoms with E-state index in [4.69, 9.17) is 20.9 Å². The Bertz CT molecular complexity index is 1150. The summed E-state index contributed by atoms with van der Waals surface area (Å²) in [6.45, 7) is 0. The third-order valence-electron chi connectivity index (χ3n) is 4.97. The third-order valence-corrected chi connectivity index (χ3v) is 4.97. The molecule has 0 fully saturated rings. The Balaban J connectivity index is 1.33. The summed E-state index contributed by atoms with van der Waals surface area (Å²) in [5.74, 6) is 0.0507. The van der Waals surface area contributed by atoms with Crippen LogP contribution in [0.25, 0.3) is 0 Å². The number of rotatable bonds is 6. The number of nitrogen functional groups attached to an aromatic ring is 2. The van der Waals surface area contributed by atoms with Gasteiger partial charge in [0, 0.05) is 11.4 Å². The molecule has 0 bridgehead atoms. The molecule has 0 heterocycles. The highest BCUT2D eigenvalue weighted by atomic mass is 16.5. The number of carbonyl (C=O) groups is 2. The number of esters is 2. The van der Waals surface area contributed by atoms with Crippen LogP contribution in [0.3, 0.4) is 0 Å². The third kappa shape index (κ3) is 5.77. The minimum atomic E-state index is -0.438. The van der Waals surface area contributed by atoms with Crippen LogP contribution in [0.1, 0.15) is 31.8 Å². The first-order valence-corrected chi connectivity index (χ1v) is 10.3. The average molecular weight is 438 g/mol. The van der Waals surface area contributed by atoms with E-state index in [1.807, 2.05) is 24.3 Å². The summed E-state index contributed by atoms with van der Waals surface area (Å²) in [4.78, 5) is 24.4. The lowest BCUT2D eigenvalue weighted by molar-refractivity contribution is 0.0725. The van der Waals surface area contributed by atoms with Crippen LogP contribution in [-0.2, 0) is 6.42 Å². The molecular formula is C27H22N2O4. The molecule has 4 N–H and O–H groups in total. The highest BCUT2D eigenvalue weighted by molar-refractivity contribution is 5.92. The van der Waals surface area contributed by atoms with E-state index in [1.165, 1.54) is 0 Å². The Morgan fingerprint density at radius 1 is 0.515 bits per heavy atom. The predicted octanol–water partition coefficient (Wildman–Crippen LogP) is 4.88. The monoisotopic (exact) mass is 438 g/mol. The van der Waals surface area contributed by atoms with E-state index >= 15 is 0 Å². The normalized spacial score (nSPS) is 10.4. The second-order valence-corrected chi connectivity index (χ2v) is 7.49. The Kier molecular flexibility index (Phi) is 6.36. The lowest BCUT2D eigenvalue weighted by atomic mass is 10.0. The van der Waals surface area contributed by atoms with Gasteiger partial charge in [-0.05, 0) is 90.3 Å². The second kappa shape index (κ2) is 9.70. The van der Waals surface area contributed by atoms with Crippen molar-refractivity contribution in [3.63, 3.8) is 0 Å². The van der Waals surface area contributed by atoms with E-state index < -0.39 is 11.9 Å². The first kappa shape index (κ1) is 21.6. The molecule has 6 nitrogen and oxygen atoms in total. The fraction of sp³-hybridized carbons (Fsp3) is 0.0370. The van der Waals surface area contributed by atoms with Crippen molar-refractivity contribution < 1.29 is 19.1 Å². The van der Waals surface area contributed by atoms with E-state index in [0.717, 1.165) is 11.1 Å². The van der Waals surface area contributed by atoms with Crippen LogP contribution in [0.15, 0.2) is 97.1 Å². The maximum absolute atomic E-state index is 12.2. The summed E-state index contributed by atoms with van der Waals surface area (Å²) in [5, 5.41) is 0. The summed E-state index contributed by atoms with van der Waals surface area (Å²) >= 11 is 0. The molecule has 0 saturated heterocycles. The first-order valence-electron chi connectivity index (χ1n) is 10.3. The van der Waals surface area contributed by atoms with Crippen molar-refractivity contribution in [1.82, 2.24) is 0 Å². The lowest BCUT2D eigenvalue weighted by Gasteiger charge is -2.08. The Hall–Kier alpha value is -4.58. The van der Waals surface area contributed by atoms with Crippen molar-refractivity contribution in [1.29, 1.82) is 0 Å². The van der Waals surface area contributed by atoms with Crippen molar-refractivity contribution in [3.8, 4) is 11.5 Å². The van der Waals surface area contributed by atoms with Gasteiger partial charge in [0.15, 0.2) is 0 Å². The number of carbonyl (C=O) groups excluding carboxylic acids is 2. The molecular weight excluding hydrogens is 416 g/mol. The van der Waals surface area contributed by atoms with Gasteiger partial charge in [0.25, 0.3) is 0 Å². The van der Waals surface area contributed by atoms with Gasteiger partial charge < -0.3 is 20.9 Å². The molecule has 0 unspecified atom stereocenters. The van der Waals surface area contributed by atoms with Crippen LogP contribution in [0, 0.1) is 0 Å². The molecule has 0 radical (unpaired) electrons. The molecule has 0 aliphatic rings. The minimum absolute atomic E-state index is 0.436. The summed E-state index contributed by atoms with van der Waals surface area (Å²) < 4.78 is 10.8. The summed E-state index contributed by atoms with van der Waals surface area (Å²) in [6, 6.07) is 27.8. The van der Waals surface area contributed by atoms with Crippen LogP contribution >= 0.6 is 0 Å². The molecule has 33 heavy (non-hydrogen) atoms. The van der Waals surface area contributed by atoms with Gasteiger partial charge in [0.1, 0.15) is 11.5 Å². The zero-order valence-corrected chi connectivity index (χ0v) is 17.7.